The first kappa shape index (κ1) is 11.5. The van der Waals surface area contributed by atoms with Crippen molar-refractivity contribution < 1.29 is 0 Å². The third-order valence-corrected chi connectivity index (χ3v) is 3.69. The van der Waals surface area contributed by atoms with Crippen LogP contribution in [0.25, 0.3) is 0 Å². The molecule has 0 fully saturated rings. The maximum Gasteiger partial charge on any atom is 0.0452 e. The Kier molecular flexibility index (Phi) is 4.36. The zero-order valence-electron chi connectivity index (χ0n) is 9.26. The molecule has 0 aliphatic heterocycles. The van der Waals surface area contributed by atoms with E-state index < -0.39 is 0 Å². The lowest BCUT2D eigenvalue weighted by Gasteiger charge is -2.16. The van der Waals surface area contributed by atoms with Gasteiger partial charge in [-0.1, -0.05) is 19.1 Å². The molecule has 1 rings (SSSR count). The molecule has 1 nitrogen and oxygen atoms in total. The molecular weight excluding hydrogens is 190 g/mol. The van der Waals surface area contributed by atoms with Crippen molar-refractivity contribution in [3.8, 4) is 0 Å². The topological polar surface area (TPSA) is 12.0 Å². The van der Waals surface area contributed by atoms with Crippen LogP contribution in [0.2, 0.25) is 0 Å². The number of nitrogens with one attached hydrogen (secondary N) is 1. The zero-order valence-corrected chi connectivity index (χ0v) is 10.1. The standard InChI is InChI=1S/C12H19NS/c1-5-9(2)8-11(13-4)12-10(3)6-7-14-12/h6-7,11,13H,2,5,8H2,1,3-4H3. The molecule has 0 aromatic carbocycles. The Hall–Kier alpha value is -0.600. The van der Waals surface area contributed by atoms with Crippen molar-refractivity contribution >= 4 is 11.3 Å². The van der Waals surface area contributed by atoms with E-state index >= 15 is 0 Å². The minimum Gasteiger partial charge on any atom is -0.312 e. The third kappa shape index (κ3) is 2.69. The molecule has 0 aliphatic carbocycles. The number of thiophene rings is 1. The van der Waals surface area contributed by atoms with Crippen molar-refractivity contribution in [2.45, 2.75) is 32.7 Å². The van der Waals surface area contributed by atoms with E-state index in [4.69, 9.17) is 0 Å². The van der Waals surface area contributed by atoms with E-state index in [0.29, 0.717) is 6.04 Å². The van der Waals surface area contributed by atoms with Crippen LogP contribution in [0.3, 0.4) is 0 Å². The molecule has 1 heterocycles. The second-order valence-electron chi connectivity index (χ2n) is 3.62. The van der Waals surface area contributed by atoms with Crippen LogP contribution in [-0.2, 0) is 0 Å². The summed E-state index contributed by atoms with van der Waals surface area (Å²) < 4.78 is 0. The summed E-state index contributed by atoms with van der Waals surface area (Å²) in [6.07, 6.45) is 2.12. The molecular formula is C12H19NS. The Morgan fingerprint density at radius 3 is 2.79 bits per heavy atom. The smallest absolute Gasteiger partial charge is 0.0452 e. The normalized spacial score (nSPS) is 12.8. The lowest BCUT2D eigenvalue weighted by Crippen LogP contribution is -2.16. The highest BCUT2D eigenvalue weighted by Gasteiger charge is 2.13. The molecule has 1 atom stereocenters. The van der Waals surface area contributed by atoms with Crippen LogP contribution in [0.4, 0.5) is 0 Å². The highest BCUT2D eigenvalue weighted by molar-refractivity contribution is 7.10. The predicted molar refractivity (Wildman–Crippen MR) is 64.9 cm³/mol. The highest BCUT2D eigenvalue weighted by Crippen LogP contribution is 2.28. The van der Waals surface area contributed by atoms with E-state index in [-0.39, 0.29) is 0 Å². The van der Waals surface area contributed by atoms with E-state index in [1.165, 1.54) is 16.0 Å². The number of hydrogen-bond acceptors (Lipinski definition) is 2. The summed E-state index contributed by atoms with van der Waals surface area (Å²) in [5.41, 5.74) is 2.70. The van der Waals surface area contributed by atoms with Gasteiger partial charge < -0.3 is 5.32 Å². The largest absolute Gasteiger partial charge is 0.312 e. The van der Waals surface area contributed by atoms with Gasteiger partial charge in [-0.15, -0.1) is 11.3 Å². The highest BCUT2D eigenvalue weighted by atomic mass is 32.1. The van der Waals surface area contributed by atoms with Gasteiger partial charge in [0, 0.05) is 10.9 Å². The van der Waals surface area contributed by atoms with Crippen molar-refractivity contribution in [1.82, 2.24) is 5.32 Å². The predicted octanol–water partition coefficient (Wildman–Crippen LogP) is 3.67. The van der Waals surface area contributed by atoms with Crippen molar-refractivity contribution in [3.05, 3.63) is 34.0 Å². The van der Waals surface area contributed by atoms with Gasteiger partial charge in [0.1, 0.15) is 0 Å². The summed E-state index contributed by atoms with van der Waals surface area (Å²) in [5, 5.41) is 5.52. The molecule has 1 aromatic heterocycles. The van der Waals surface area contributed by atoms with Gasteiger partial charge in [-0.2, -0.15) is 0 Å². The molecule has 78 valence electrons. The Labute approximate surface area is 90.9 Å². The molecule has 2 heteroatoms. The van der Waals surface area contributed by atoms with Crippen LogP contribution in [0.5, 0.6) is 0 Å². The lowest BCUT2D eigenvalue weighted by molar-refractivity contribution is 0.590. The molecule has 14 heavy (non-hydrogen) atoms. The number of aryl methyl sites for hydroxylation is 1. The number of hydrogen-bond donors (Lipinski definition) is 1. The van der Waals surface area contributed by atoms with Gasteiger partial charge in [0.15, 0.2) is 0 Å². The summed E-state index contributed by atoms with van der Waals surface area (Å²) in [7, 11) is 2.02. The van der Waals surface area contributed by atoms with Gasteiger partial charge in [0.25, 0.3) is 0 Å². The van der Waals surface area contributed by atoms with E-state index in [9.17, 15) is 0 Å². The zero-order chi connectivity index (χ0) is 10.6. The first-order chi connectivity index (χ1) is 6.69. The maximum atomic E-state index is 4.07. The van der Waals surface area contributed by atoms with Crippen LogP contribution >= 0.6 is 11.3 Å². The van der Waals surface area contributed by atoms with Gasteiger partial charge in [-0.25, -0.2) is 0 Å². The quantitative estimate of drug-likeness (QED) is 0.730. The van der Waals surface area contributed by atoms with Crippen LogP contribution < -0.4 is 5.32 Å². The minimum absolute atomic E-state index is 0.447. The number of rotatable bonds is 5. The van der Waals surface area contributed by atoms with Gasteiger partial charge in [0.2, 0.25) is 0 Å². The summed E-state index contributed by atoms with van der Waals surface area (Å²) in [6.45, 7) is 8.40. The van der Waals surface area contributed by atoms with Crippen LogP contribution in [0.15, 0.2) is 23.6 Å². The van der Waals surface area contributed by atoms with Gasteiger partial charge in [0.05, 0.1) is 0 Å². The summed E-state index contributed by atoms with van der Waals surface area (Å²) >= 11 is 1.83. The van der Waals surface area contributed by atoms with Crippen molar-refractivity contribution in [2.75, 3.05) is 7.05 Å². The van der Waals surface area contributed by atoms with Gasteiger partial charge >= 0.3 is 0 Å². The molecule has 0 radical (unpaired) electrons. The summed E-state index contributed by atoms with van der Waals surface area (Å²) in [6, 6.07) is 2.63. The van der Waals surface area contributed by atoms with Gasteiger partial charge in [-0.3, -0.25) is 0 Å². The third-order valence-electron chi connectivity index (χ3n) is 2.56. The molecule has 0 aliphatic rings. The fraction of sp³-hybridized carbons (Fsp3) is 0.500. The first-order valence-electron chi connectivity index (χ1n) is 5.07. The van der Waals surface area contributed by atoms with Gasteiger partial charge in [-0.05, 0) is 43.8 Å². The molecule has 0 saturated carbocycles. The van der Waals surface area contributed by atoms with Crippen LogP contribution in [0.1, 0.15) is 36.2 Å². The second-order valence-corrected chi connectivity index (χ2v) is 4.56. The second kappa shape index (κ2) is 5.32. The Morgan fingerprint density at radius 1 is 1.64 bits per heavy atom. The molecule has 1 aromatic rings. The van der Waals surface area contributed by atoms with E-state index in [1.54, 1.807) is 0 Å². The Balaban J connectivity index is 2.72. The fourth-order valence-electron chi connectivity index (χ4n) is 1.50. The molecule has 0 amide bonds. The van der Waals surface area contributed by atoms with Crippen molar-refractivity contribution in [1.29, 1.82) is 0 Å². The molecule has 0 spiro atoms. The Bertz CT molecular complexity index is 301. The monoisotopic (exact) mass is 209 g/mol. The van der Waals surface area contributed by atoms with Crippen molar-refractivity contribution in [2.24, 2.45) is 0 Å². The van der Waals surface area contributed by atoms with Crippen molar-refractivity contribution in [3.63, 3.8) is 0 Å². The summed E-state index contributed by atoms with van der Waals surface area (Å²) in [4.78, 5) is 1.45. The first-order valence-corrected chi connectivity index (χ1v) is 5.94. The average molecular weight is 209 g/mol. The van der Waals surface area contributed by atoms with E-state index in [0.717, 1.165) is 12.8 Å². The molecule has 0 saturated heterocycles. The molecule has 1 N–H and O–H groups in total. The van der Waals surface area contributed by atoms with E-state index in [1.807, 2.05) is 18.4 Å². The maximum absolute atomic E-state index is 4.07. The molecule has 0 bridgehead atoms. The summed E-state index contributed by atoms with van der Waals surface area (Å²) in [5.74, 6) is 0. The van der Waals surface area contributed by atoms with Crippen LogP contribution in [-0.4, -0.2) is 7.05 Å². The Morgan fingerprint density at radius 2 is 2.36 bits per heavy atom. The fourth-order valence-corrected chi connectivity index (χ4v) is 2.54. The molecule has 1 unspecified atom stereocenters. The lowest BCUT2D eigenvalue weighted by atomic mass is 10.0. The SMILES string of the molecule is C=C(CC)CC(NC)c1sccc1C. The average Bonchev–Trinajstić information content (AvgIpc) is 2.60. The minimum atomic E-state index is 0.447. The van der Waals surface area contributed by atoms with E-state index in [2.05, 4.69) is 37.2 Å². The van der Waals surface area contributed by atoms with Crippen LogP contribution in [0, 0.1) is 6.92 Å².